The summed E-state index contributed by atoms with van der Waals surface area (Å²) in [5.41, 5.74) is 1.96. The number of halogens is 1. The van der Waals surface area contributed by atoms with Crippen molar-refractivity contribution in [2.45, 2.75) is 6.92 Å². The van der Waals surface area contributed by atoms with E-state index in [1.54, 1.807) is 6.33 Å². The largest absolute Gasteiger partial charge is 0.278 e. The molecular formula is C7H6IN3. The van der Waals surface area contributed by atoms with Gasteiger partial charge in [0.2, 0.25) is 0 Å². The fourth-order valence-electron chi connectivity index (χ4n) is 0.947. The first-order chi connectivity index (χ1) is 5.27. The zero-order valence-corrected chi connectivity index (χ0v) is 8.11. The van der Waals surface area contributed by atoms with Crippen molar-refractivity contribution in [1.82, 2.24) is 14.4 Å². The molecule has 0 unspecified atom stereocenters. The summed E-state index contributed by atoms with van der Waals surface area (Å²) in [4.78, 5) is 8.35. The Morgan fingerprint density at radius 1 is 1.45 bits per heavy atom. The van der Waals surface area contributed by atoms with E-state index in [9.17, 15) is 0 Å². The van der Waals surface area contributed by atoms with E-state index in [4.69, 9.17) is 0 Å². The van der Waals surface area contributed by atoms with Gasteiger partial charge in [-0.3, -0.25) is 4.40 Å². The summed E-state index contributed by atoms with van der Waals surface area (Å²) in [7, 11) is 0. The zero-order chi connectivity index (χ0) is 7.84. The number of fused-ring (bicyclic) bond motifs is 1. The van der Waals surface area contributed by atoms with E-state index >= 15 is 0 Å². The molecule has 0 amide bonds. The number of hydrogen-bond donors (Lipinski definition) is 0. The molecule has 4 heteroatoms. The lowest BCUT2D eigenvalue weighted by molar-refractivity contribution is 1.03. The summed E-state index contributed by atoms with van der Waals surface area (Å²) >= 11 is 2.23. The van der Waals surface area contributed by atoms with Crippen LogP contribution in [0.4, 0.5) is 0 Å². The van der Waals surface area contributed by atoms with Crippen molar-refractivity contribution < 1.29 is 0 Å². The smallest absolute Gasteiger partial charge is 0.140 e. The van der Waals surface area contributed by atoms with E-state index in [1.807, 2.05) is 23.6 Å². The van der Waals surface area contributed by atoms with Crippen molar-refractivity contribution in [2.75, 3.05) is 0 Å². The Labute approximate surface area is 77.6 Å². The van der Waals surface area contributed by atoms with Crippen molar-refractivity contribution in [3.8, 4) is 0 Å². The number of imidazole rings is 1. The Morgan fingerprint density at radius 3 is 3.09 bits per heavy atom. The van der Waals surface area contributed by atoms with Crippen LogP contribution in [0.1, 0.15) is 5.69 Å². The maximum absolute atomic E-state index is 4.19. The predicted molar refractivity (Wildman–Crippen MR) is 50.4 cm³/mol. The van der Waals surface area contributed by atoms with Gasteiger partial charge in [-0.25, -0.2) is 9.97 Å². The molecule has 11 heavy (non-hydrogen) atoms. The van der Waals surface area contributed by atoms with Crippen LogP contribution in [0.2, 0.25) is 0 Å². The molecule has 0 radical (unpaired) electrons. The second kappa shape index (κ2) is 2.44. The molecule has 0 fully saturated rings. The Balaban J connectivity index is 2.86. The summed E-state index contributed by atoms with van der Waals surface area (Å²) in [6.45, 7) is 1.96. The maximum Gasteiger partial charge on any atom is 0.140 e. The molecule has 0 spiro atoms. The molecule has 2 heterocycles. The van der Waals surface area contributed by atoms with Gasteiger partial charge >= 0.3 is 0 Å². The minimum Gasteiger partial charge on any atom is -0.278 e. The second-order valence-corrected chi connectivity index (χ2v) is 3.44. The van der Waals surface area contributed by atoms with Gasteiger partial charge in [-0.05, 0) is 29.5 Å². The molecule has 56 valence electrons. The van der Waals surface area contributed by atoms with E-state index in [0.29, 0.717) is 0 Å². The van der Waals surface area contributed by atoms with Crippen LogP contribution in [0.5, 0.6) is 0 Å². The third kappa shape index (κ3) is 1.11. The minimum absolute atomic E-state index is 0.960. The molecule has 2 aromatic heterocycles. The van der Waals surface area contributed by atoms with Gasteiger partial charge in [0.1, 0.15) is 15.7 Å². The number of nitrogens with zero attached hydrogens (tertiary/aromatic N) is 3. The van der Waals surface area contributed by atoms with Crippen molar-refractivity contribution >= 4 is 28.2 Å². The summed E-state index contributed by atoms with van der Waals surface area (Å²) < 4.78 is 3.04. The average Bonchev–Trinajstić information content (AvgIpc) is 2.32. The lowest BCUT2D eigenvalue weighted by Gasteiger charge is -1.94. The molecule has 0 N–H and O–H groups in total. The van der Waals surface area contributed by atoms with Crippen LogP contribution < -0.4 is 0 Å². The standard InChI is InChI=1S/C7H6IN3/c1-5-2-7-9-3-6(8)11(7)4-10-5/h2-4H,1H3. The van der Waals surface area contributed by atoms with Crippen molar-refractivity contribution in [3.63, 3.8) is 0 Å². The fourth-order valence-corrected chi connectivity index (χ4v) is 1.46. The third-order valence-electron chi connectivity index (χ3n) is 1.50. The van der Waals surface area contributed by atoms with Gasteiger partial charge in [-0.1, -0.05) is 0 Å². The average molecular weight is 259 g/mol. The zero-order valence-electron chi connectivity index (χ0n) is 5.95. The SMILES string of the molecule is Cc1cc2ncc(I)n2cn1. The van der Waals surface area contributed by atoms with Crippen LogP contribution in [-0.4, -0.2) is 14.4 Å². The molecule has 0 saturated heterocycles. The van der Waals surface area contributed by atoms with Gasteiger partial charge < -0.3 is 0 Å². The normalized spacial score (nSPS) is 10.7. The van der Waals surface area contributed by atoms with Crippen LogP contribution in [0.15, 0.2) is 18.6 Å². The number of rotatable bonds is 0. The van der Waals surface area contributed by atoms with E-state index in [-0.39, 0.29) is 0 Å². The minimum atomic E-state index is 0.960. The Bertz CT molecular complexity index is 393. The van der Waals surface area contributed by atoms with Crippen LogP contribution in [0.3, 0.4) is 0 Å². The second-order valence-electron chi connectivity index (χ2n) is 2.34. The predicted octanol–water partition coefficient (Wildman–Crippen LogP) is 1.64. The highest BCUT2D eigenvalue weighted by Gasteiger charge is 1.98. The lowest BCUT2D eigenvalue weighted by Crippen LogP contribution is -1.90. The molecule has 0 saturated carbocycles. The van der Waals surface area contributed by atoms with E-state index in [0.717, 1.165) is 15.0 Å². The van der Waals surface area contributed by atoms with E-state index < -0.39 is 0 Å². The lowest BCUT2D eigenvalue weighted by atomic mass is 10.4. The first-order valence-corrected chi connectivity index (χ1v) is 4.30. The summed E-state index contributed by atoms with van der Waals surface area (Å²) in [5.74, 6) is 0. The molecule has 0 bridgehead atoms. The van der Waals surface area contributed by atoms with Gasteiger partial charge in [0.15, 0.2) is 0 Å². The van der Waals surface area contributed by atoms with Crippen LogP contribution >= 0.6 is 22.6 Å². The molecule has 0 aliphatic rings. The number of aryl methyl sites for hydroxylation is 1. The van der Waals surface area contributed by atoms with Gasteiger partial charge in [-0.15, -0.1) is 0 Å². The third-order valence-corrected chi connectivity index (χ3v) is 2.29. The molecule has 0 aliphatic heterocycles. The molecule has 0 aliphatic carbocycles. The Hall–Kier alpha value is -0.650. The quantitative estimate of drug-likeness (QED) is 0.673. The van der Waals surface area contributed by atoms with Crippen molar-refractivity contribution in [2.24, 2.45) is 0 Å². The van der Waals surface area contributed by atoms with Gasteiger partial charge in [0.25, 0.3) is 0 Å². The fraction of sp³-hybridized carbons (Fsp3) is 0.143. The van der Waals surface area contributed by atoms with Crippen molar-refractivity contribution in [1.29, 1.82) is 0 Å². The first-order valence-electron chi connectivity index (χ1n) is 3.22. The maximum atomic E-state index is 4.19. The summed E-state index contributed by atoms with van der Waals surface area (Å²) in [6, 6.07) is 1.96. The molecule has 0 atom stereocenters. The van der Waals surface area contributed by atoms with E-state index in [1.165, 1.54) is 0 Å². The highest BCUT2D eigenvalue weighted by Crippen LogP contribution is 2.08. The number of aromatic nitrogens is 3. The molecule has 3 nitrogen and oxygen atoms in total. The summed E-state index contributed by atoms with van der Waals surface area (Å²) in [6.07, 6.45) is 3.62. The number of hydrogen-bond acceptors (Lipinski definition) is 2. The van der Waals surface area contributed by atoms with Gasteiger partial charge in [0.05, 0.1) is 6.20 Å². The molecule has 0 aromatic carbocycles. The summed E-state index contributed by atoms with van der Waals surface area (Å²) in [5, 5.41) is 0. The van der Waals surface area contributed by atoms with Crippen LogP contribution in [0.25, 0.3) is 5.65 Å². The Morgan fingerprint density at radius 2 is 2.27 bits per heavy atom. The highest BCUT2D eigenvalue weighted by atomic mass is 127. The van der Waals surface area contributed by atoms with E-state index in [2.05, 4.69) is 32.6 Å². The molecule has 2 aromatic rings. The molecule has 2 rings (SSSR count). The van der Waals surface area contributed by atoms with Crippen LogP contribution in [0, 0.1) is 10.6 Å². The van der Waals surface area contributed by atoms with Gasteiger partial charge in [0, 0.05) is 11.8 Å². The van der Waals surface area contributed by atoms with Crippen LogP contribution in [-0.2, 0) is 0 Å². The monoisotopic (exact) mass is 259 g/mol. The van der Waals surface area contributed by atoms with Gasteiger partial charge in [-0.2, -0.15) is 0 Å². The Kier molecular flexibility index (Phi) is 1.56. The first kappa shape index (κ1) is 7.02. The highest BCUT2D eigenvalue weighted by molar-refractivity contribution is 14.1. The molecular weight excluding hydrogens is 253 g/mol. The topological polar surface area (TPSA) is 30.2 Å². The van der Waals surface area contributed by atoms with Crippen molar-refractivity contribution in [3.05, 3.63) is 28.0 Å².